The van der Waals surface area contributed by atoms with Crippen LogP contribution in [0.4, 0.5) is 13.2 Å². The predicted octanol–water partition coefficient (Wildman–Crippen LogP) is 3.57. The molecule has 0 aromatic carbocycles. The molecule has 0 aromatic rings. The molecule has 94 valence electrons. The second kappa shape index (κ2) is 5.46. The first-order chi connectivity index (χ1) is 7.08. The van der Waals surface area contributed by atoms with E-state index in [1.54, 1.807) is 0 Å². The second-order valence-electron chi connectivity index (χ2n) is 5.02. The number of nitrogens with zero attached hydrogens (tertiary/aromatic N) is 1. The zero-order valence-electron chi connectivity index (χ0n) is 10.1. The lowest BCUT2D eigenvalue weighted by atomic mass is 9.75. The Morgan fingerprint density at radius 2 is 1.75 bits per heavy atom. The maximum atomic E-state index is 11.8. The van der Waals surface area contributed by atoms with Gasteiger partial charge in [-0.1, -0.05) is 27.7 Å². The fourth-order valence-electron chi connectivity index (χ4n) is 1.28. The van der Waals surface area contributed by atoms with E-state index in [4.69, 9.17) is 5.41 Å². The second-order valence-corrected chi connectivity index (χ2v) is 5.02. The Morgan fingerprint density at radius 3 is 2.06 bits per heavy atom. The molecule has 0 aromatic heterocycles. The summed E-state index contributed by atoms with van der Waals surface area (Å²) in [5, 5.41) is 7.22. The topological polar surface area (TPSA) is 36.2 Å². The highest BCUT2D eigenvalue weighted by atomic mass is 19.4. The molecule has 2 atom stereocenters. The lowest BCUT2D eigenvalue weighted by molar-refractivity contribution is -0.0537. The van der Waals surface area contributed by atoms with Crippen LogP contribution in [0.2, 0.25) is 0 Å². The third kappa shape index (κ3) is 5.88. The van der Waals surface area contributed by atoms with Crippen LogP contribution in [0.25, 0.3) is 0 Å². The molecule has 0 saturated heterocycles. The number of hydrogen-bond acceptors (Lipinski definition) is 2. The minimum Gasteiger partial charge on any atom is -0.313 e. The van der Waals surface area contributed by atoms with Crippen molar-refractivity contribution in [1.82, 2.24) is 0 Å². The molecule has 1 unspecified atom stereocenters. The van der Waals surface area contributed by atoms with Gasteiger partial charge in [-0.25, -0.2) is 0 Å². The van der Waals surface area contributed by atoms with Crippen molar-refractivity contribution >= 4 is 12.4 Å². The molecule has 0 bridgehead atoms. The maximum absolute atomic E-state index is 11.8. The van der Waals surface area contributed by atoms with Gasteiger partial charge in [-0.15, -0.1) is 0 Å². The summed E-state index contributed by atoms with van der Waals surface area (Å²) in [4.78, 5) is 3.35. The molecule has 0 saturated carbocycles. The summed E-state index contributed by atoms with van der Waals surface area (Å²) in [5.41, 5.74) is -0.0457. The van der Waals surface area contributed by atoms with Gasteiger partial charge >= 0.3 is 6.18 Å². The number of nitrogens with one attached hydrogen (secondary N) is 1. The molecule has 0 aliphatic carbocycles. The molecule has 0 amide bonds. The van der Waals surface area contributed by atoms with Crippen LogP contribution in [-0.2, 0) is 0 Å². The molecule has 0 spiro atoms. The Morgan fingerprint density at radius 1 is 1.25 bits per heavy atom. The van der Waals surface area contributed by atoms with Crippen LogP contribution in [0.5, 0.6) is 0 Å². The SMILES string of the molecule is C[C@H](C(C=N)CN=CC(F)(F)F)C(C)(C)C. The largest absolute Gasteiger partial charge is 0.426 e. The summed E-state index contributed by atoms with van der Waals surface area (Å²) < 4.78 is 35.5. The molecule has 0 heterocycles. The van der Waals surface area contributed by atoms with Gasteiger partial charge in [0.1, 0.15) is 6.21 Å². The van der Waals surface area contributed by atoms with E-state index in [1.165, 1.54) is 6.21 Å². The van der Waals surface area contributed by atoms with Gasteiger partial charge in [-0.3, -0.25) is 4.99 Å². The average molecular weight is 236 g/mol. The Balaban J connectivity index is 4.44. The van der Waals surface area contributed by atoms with Crippen molar-refractivity contribution in [3.63, 3.8) is 0 Å². The average Bonchev–Trinajstić information content (AvgIpc) is 2.08. The van der Waals surface area contributed by atoms with Gasteiger partial charge in [0, 0.05) is 18.7 Å². The third-order valence-corrected chi connectivity index (χ3v) is 2.78. The fourth-order valence-corrected chi connectivity index (χ4v) is 1.28. The zero-order chi connectivity index (χ0) is 13.0. The third-order valence-electron chi connectivity index (χ3n) is 2.78. The number of rotatable bonds is 4. The van der Waals surface area contributed by atoms with Crippen molar-refractivity contribution in [3.8, 4) is 0 Å². The Bertz CT molecular complexity index is 251. The molecular formula is C11H19F3N2. The van der Waals surface area contributed by atoms with E-state index in [2.05, 4.69) is 4.99 Å². The Hall–Kier alpha value is -0.870. The van der Waals surface area contributed by atoms with Crippen molar-refractivity contribution in [2.45, 2.75) is 33.9 Å². The van der Waals surface area contributed by atoms with E-state index in [-0.39, 0.29) is 30.0 Å². The van der Waals surface area contributed by atoms with Crippen LogP contribution in [-0.4, -0.2) is 25.2 Å². The highest BCUT2D eigenvalue weighted by molar-refractivity contribution is 5.65. The quantitative estimate of drug-likeness (QED) is 0.724. The van der Waals surface area contributed by atoms with Gasteiger partial charge in [-0.05, 0) is 11.3 Å². The van der Waals surface area contributed by atoms with Crippen LogP contribution < -0.4 is 0 Å². The molecule has 0 fully saturated rings. The standard InChI is InChI=1S/C11H19F3N2/c1-8(10(2,3)4)9(5-15)6-16-7-11(12,13)14/h5,7-9,15H,6H2,1-4H3/t8-,9?/m1/s1. The summed E-state index contributed by atoms with van der Waals surface area (Å²) in [6, 6.07) is 0. The Labute approximate surface area is 94.5 Å². The molecular weight excluding hydrogens is 217 g/mol. The van der Waals surface area contributed by atoms with Gasteiger partial charge in [0.25, 0.3) is 0 Å². The molecule has 16 heavy (non-hydrogen) atoms. The minimum atomic E-state index is -4.36. The normalized spacial score (nSPS) is 17.4. The number of halogens is 3. The van der Waals surface area contributed by atoms with E-state index >= 15 is 0 Å². The van der Waals surface area contributed by atoms with E-state index in [0.717, 1.165) is 0 Å². The van der Waals surface area contributed by atoms with Gasteiger partial charge < -0.3 is 5.41 Å². The van der Waals surface area contributed by atoms with Crippen molar-refractivity contribution in [1.29, 1.82) is 5.41 Å². The molecule has 2 nitrogen and oxygen atoms in total. The highest BCUT2D eigenvalue weighted by Crippen LogP contribution is 2.31. The number of aliphatic imine (C=N–C) groups is 1. The summed E-state index contributed by atoms with van der Waals surface area (Å²) in [5.74, 6) is -0.144. The van der Waals surface area contributed by atoms with Gasteiger partial charge in [0.05, 0.1) is 0 Å². The molecule has 0 radical (unpaired) electrons. The first-order valence-electron chi connectivity index (χ1n) is 5.16. The van der Waals surface area contributed by atoms with E-state index in [9.17, 15) is 13.2 Å². The van der Waals surface area contributed by atoms with Crippen molar-refractivity contribution in [2.75, 3.05) is 6.54 Å². The monoisotopic (exact) mass is 236 g/mol. The number of hydrogen-bond donors (Lipinski definition) is 1. The molecule has 5 heteroatoms. The van der Waals surface area contributed by atoms with E-state index in [0.29, 0.717) is 0 Å². The van der Waals surface area contributed by atoms with Crippen LogP contribution in [0.1, 0.15) is 27.7 Å². The lowest BCUT2D eigenvalue weighted by Gasteiger charge is -2.31. The predicted molar refractivity (Wildman–Crippen MR) is 60.3 cm³/mol. The zero-order valence-corrected chi connectivity index (χ0v) is 10.1. The van der Waals surface area contributed by atoms with Crippen molar-refractivity contribution in [3.05, 3.63) is 0 Å². The smallest absolute Gasteiger partial charge is 0.313 e. The van der Waals surface area contributed by atoms with Gasteiger partial charge in [0.15, 0.2) is 0 Å². The van der Waals surface area contributed by atoms with Gasteiger partial charge in [-0.2, -0.15) is 13.2 Å². The molecule has 1 N–H and O–H groups in total. The van der Waals surface area contributed by atoms with Gasteiger partial charge in [0.2, 0.25) is 0 Å². The van der Waals surface area contributed by atoms with E-state index < -0.39 is 6.18 Å². The van der Waals surface area contributed by atoms with Crippen molar-refractivity contribution < 1.29 is 13.2 Å². The van der Waals surface area contributed by atoms with Crippen LogP contribution in [0, 0.1) is 22.7 Å². The van der Waals surface area contributed by atoms with Crippen LogP contribution in [0.3, 0.4) is 0 Å². The lowest BCUT2D eigenvalue weighted by Crippen LogP contribution is -2.28. The highest BCUT2D eigenvalue weighted by Gasteiger charge is 2.28. The fraction of sp³-hybridized carbons (Fsp3) is 0.818. The van der Waals surface area contributed by atoms with Crippen LogP contribution in [0.15, 0.2) is 4.99 Å². The Kier molecular flexibility index (Phi) is 5.16. The van der Waals surface area contributed by atoms with E-state index in [1.807, 2.05) is 27.7 Å². The molecule has 0 rings (SSSR count). The summed E-state index contributed by atoms with van der Waals surface area (Å²) >= 11 is 0. The maximum Gasteiger partial charge on any atom is 0.426 e. The first-order valence-corrected chi connectivity index (χ1v) is 5.16. The molecule has 0 aliphatic heterocycles. The van der Waals surface area contributed by atoms with Crippen LogP contribution >= 0.6 is 0 Å². The number of alkyl halides is 3. The summed E-state index contributed by atoms with van der Waals surface area (Å²) in [7, 11) is 0. The summed E-state index contributed by atoms with van der Waals surface area (Å²) in [6.07, 6.45) is -3.18. The minimum absolute atomic E-state index is 0.00111. The molecule has 0 aliphatic rings. The van der Waals surface area contributed by atoms with Crippen molar-refractivity contribution in [2.24, 2.45) is 22.2 Å². The summed E-state index contributed by atoms with van der Waals surface area (Å²) in [6.45, 7) is 7.95. The first kappa shape index (κ1) is 15.1.